The molecule has 0 nitrogen and oxygen atoms in total. The van der Waals surface area contributed by atoms with Crippen LogP contribution in [0.1, 0.15) is 30.7 Å². The summed E-state index contributed by atoms with van der Waals surface area (Å²) in [6, 6.07) is 8.02. The second-order valence-corrected chi connectivity index (χ2v) is 5.19. The van der Waals surface area contributed by atoms with E-state index < -0.39 is 0 Å². The van der Waals surface area contributed by atoms with Gasteiger partial charge in [-0.05, 0) is 30.0 Å². The maximum absolute atomic E-state index is 5.81. The highest BCUT2D eigenvalue weighted by Gasteiger charge is 2.08. The minimum atomic E-state index is 0.449. The van der Waals surface area contributed by atoms with Gasteiger partial charge in [0.15, 0.2) is 0 Å². The quantitative estimate of drug-likeness (QED) is 0.684. The lowest BCUT2D eigenvalue weighted by atomic mass is 10.0. The molecule has 0 spiro atoms. The highest BCUT2D eigenvalue weighted by Crippen LogP contribution is 2.30. The van der Waals surface area contributed by atoms with Gasteiger partial charge in [0.1, 0.15) is 0 Å². The third-order valence-electron chi connectivity index (χ3n) is 1.91. The van der Waals surface area contributed by atoms with Crippen LogP contribution in [0.4, 0.5) is 0 Å². The van der Waals surface area contributed by atoms with E-state index in [4.69, 9.17) is 11.6 Å². The van der Waals surface area contributed by atoms with E-state index >= 15 is 0 Å². The molecule has 1 rings (SSSR count). The first-order valence-electron chi connectivity index (χ1n) is 4.49. The monoisotopic (exact) mass is 260 g/mol. The zero-order chi connectivity index (χ0) is 9.84. The Morgan fingerprint density at radius 1 is 1.23 bits per heavy atom. The lowest BCUT2D eigenvalue weighted by Crippen LogP contribution is -1.95. The van der Waals surface area contributed by atoms with Gasteiger partial charge in [-0.15, -0.1) is 0 Å². The fourth-order valence-corrected chi connectivity index (χ4v) is 2.40. The standard InChI is InChI=1S/C11H14BrCl/c1-8(2)7-11(12)9-3-5-10(13)6-4-9/h3-6,8,11H,7H2,1-2H3. The van der Waals surface area contributed by atoms with E-state index in [2.05, 4.69) is 41.9 Å². The van der Waals surface area contributed by atoms with Crippen LogP contribution < -0.4 is 0 Å². The Balaban J connectivity index is 2.66. The zero-order valence-electron chi connectivity index (χ0n) is 7.93. The van der Waals surface area contributed by atoms with E-state index in [1.165, 1.54) is 5.56 Å². The number of hydrogen-bond donors (Lipinski definition) is 0. The van der Waals surface area contributed by atoms with Crippen LogP contribution in [-0.4, -0.2) is 0 Å². The van der Waals surface area contributed by atoms with E-state index in [0.717, 1.165) is 11.4 Å². The maximum atomic E-state index is 5.81. The molecule has 0 aliphatic carbocycles. The van der Waals surface area contributed by atoms with Crippen molar-refractivity contribution in [1.29, 1.82) is 0 Å². The van der Waals surface area contributed by atoms with Gasteiger partial charge in [-0.2, -0.15) is 0 Å². The highest BCUT2D eigenvalue weighted by molar-refractivity contribution is 9.09. The molecule has 2 heteroatoms. The molecule has 0 bridgehead atoms. The molecule has 0 amide bonds. The largest absolute Gasteiger partial charge is 0.0843 e. The van der Waals surface area contributed by atoms with E-state index in [-0.39, 0.29) is 0 Å². The van der Waals surface area contributed by atoms with E-state index in [0.29, 0.717) is 10.7 Å². The number of benzene rings is 1. The Hall–Kier alpha value is -0.0100. The maximum Gasteiger partial charge on any atom is 0.0406 e. The van der Waals surface area contributed by atoms with Crippen molar-refractivity contribution < 1.29 is 0 Å². The predicted molar refractivity (Wildman–Crippen MR) is 62.6 cm³/mol. The Bertz CT molecular complexity index is 253. The topological polar surface area (TPSA) is 0 Å². The Morgan fingerprint density at radius 3 is 2.23 bits per heavy atom. The third-order valence-corrected chi connectivity index (χ3v) is 3.06. The summed E-state index contributed by atoms with van der Waals surface area (Å²) >= 11 is 9.47. The van der Waals surface area contributed by atoms with Gasteiger partial charge in [-0.3, -0.25) is 0 Å². The summed E-state index contributed by atoms with van der Waals surface area (Å²) in [5.74, 6) is 0.708. The molecule has 0 N–H and O–H groups in total. The molecule has 0 radical (unpaired) electrons. The lowest BCUT2D eigenvalue weighted by Gasteiger charge is -2.12. The Kier molecular flexibility index (Phi) is 4.27. The molecule has 72 valence electrons. The van der Waals surface area contributed by atoms with Gasteiger partial charge in [0, 0.05) is 9.85 Å². The smallest absolute Gasteiger partial charge is 0.0406 e. The normalized spacial score (nSPS) is 13.3. The van der Waals surface area contributed by atoms with Crippen molar-refractivity contribution >= 4 is 27.5 Å². The molecule has 0 heterocycles. The molecule has 1 aromatic rings. The van der Waals surface area contributed by atoms with Crippen LogP contribution in [0.5, 0.6) is 0 Å². The van der Waals surface area contributed by atoms with E-state index in [1.54, 1.807) is 0 Å². The van der Waals surface area contributed by atoms with Gasteiger partial charge in [-0.25, -0.2) is 0 Å². The third kappa shape index (κ3) is 3.70. The summed E-state index contributed by atoms with van der Waals surface area (Å²) in [5.41, 5.74) is 1.30. The summed E-state index contributed by atoms with van der Waals surface area (Å²) in [6.07, 6.45) is 1.15. The van der Waals surface area contributed by atoms with Crippen LogP contribution >= 0.6 is 27.5 Å². The minimum absolute atomic E-state index is 0.449. The van der Waals surface area contributed by atoms with Gasteiger partial charge in [0.25, 0.3) is 0 Å². The highest BCUT2D eigenvalue weighted by atomic mass is 79.9. The fraction of sp³-hybridized carbons (Fsp3) is 0.455. The molecular weight excluding hydrogens is 247 g/mol. The molecule has 0 saturated carbocycles. The minimum Gasteiger partial charge on any atom is -0.0843 e. The van der Waals surface area contributed by atoms with Crippen molar-refractivity contribution in [2.24, 2.45) is 5.92 Å². The molecule has 0 aliphatic heterocycles. The molecule has 0 aliphatic rings. The van der Waals surface area contributed by atoms with Crippen LogP contribution in [0.15, 0.2) is 24.3 Å². The molecule has 0 aromatic heterocycles. The lowest BCUT2D eigenvalue weighted by molar-refractivity contribution is 0.584. The average Bonchev–Trinajstić information content (AvgIpc) is 2.04. The predicted octanol–water partition coefficient (Wildman–Crippen LogP) is 4.82. The van der Waals surface area contributed by atoms with Gasteiger partial charge in [0.05, 0.1) is 0 Å². The molecule has 1 aromatic carbocycles. The SMILES string of the molecule is CC(C)CC(Br)c1ccc(Cl)cc1. The van der Waals surface area contributed by atoms with Crippen molar-refractivity contribution in [3.8, 4) is 0 Å². The number of hydrogen-bond acceptors (Lipinski definition) is 0. The summed E-state index contributed by atoms with van der Waals surface area (Å²) in [4.78, 5) is 0.449. The molecule has 1 atom stereocenters. The summed E-state index contributed by atoms with van der Waals surface area (Å²) in [6.45, 7) is 4.45. The fourth-order valence-electron chi connectivity index (χ4n) is 1.22. The van der Waals surface area contributed by atoms with E-state index in [9.17, 15) is 0 Å². The van der Waals surface area contributed by atoms with Crippen molar-refractivity contribution in [1.82, 2.24) is 0 Å². The Labute approximate surface area is 93.4 Å². The van der Waals surface area contributed by atoms with Crippen LogP contribution in [0.25, 0.3) is 0 Å². The first-order chi connectivity index (χ1) is 6.09. The summed E-state index contributed by atoms with van der Waals surface area (Å²) in [7, 11) is 0. The van der Waals surface area contributed by atoms with Gasteiger partial charge in [-0.1, -0.05) is 53.5 Å². The molecule has 0 saturated heterocycles. The molecule has 0 fully saturated rings. The second-order valence-electron chi connectivity index (χ2n) is 3.65. The van der Waals surface area contributed by atoms with Crippen molar-refractivity contribution in [2.75, 3.05) is 0 Å². The second kappa shape index (κ2) is 5.02. The molecule has 1 unspecified atom stereocenters. The zero-order valence-corrected chi connectivity index (χ0v) is 10.3. The first-order valence-corrected chi connectivity index (χ1v) is 5.78. The van der Waals surface area contributed by atoms with Gasteiger partial charge < -0.3 is 0 Å². The van der Waals surface area contributed by atoms with Crippen LogP contribution in [0, 0.1) is 5.92 Å². The van der Waals surface area contributed by atoms with Crippen molar-refractivity contribution in [3.05, 3.63) is 34.9 Å². The average molecular weight is 262 g/mol. The summed E-state index contributed by atoms with van der Waals surface area (Å²) < 4.78 is 0. The van der Waals surface area contributed by atoms with Crippen LogP contribution in [0.3, 0.4) is 0 Å². The van der Waals surface area contributed by atoms with Gasteiger partial charge in [0.2, 0.25) is 0 Å². The Morgan fingerprint density at radius 2 is 1.77 bits per heavy atom. The number of halogens is 2. The van der Waals surface area contributed by atoms with Crippen molar-refractivity contribution in [3.63, 3.8) is 0 Å². The van der Waals surface area contributed by atoms with Crippen molar-refractivity contribution in [2.45, 2.75) is 25.1 Å². The summed E-state index contributed by atoms with van der Waals surface area (Å²) in [5, 5.41) is 0.799. The van der Waals surface area contributed by atoms with Gasteiger partial charge >= 0.3 is 0 Å². The number of rotatable bonds is 3. The van der Waals surface area contributed by atoms with Crippen LogP contribution in [-0.2, 0) is 0 Å². The first kappa shape index (κ1) is 11.1. The number of alkyl halides is 1. The van der Waals surface area contributed by atoms with E-state index in [1.807, 2.05) is 12.1 Å². The molecular formula is C11H14BrCl. The van der Waals surface area contributed by atoms with Crippen LogP contribution in [0.2, 0.25) is 5.02 Å². The molecule has 13 heavy (non-hydrogen) atoms.